The molecular weight excluding hydrogens is 235 g/mol. The molecule has 1 atom stereocenters. The number of carbonyl (C=O) groups is 1. The number of nitrogens with two attached hydrogens (primary N) is 1. The fraction of sp³-hybridized carbons (Fsp3) is 0.300. The van der Waals surface area contributed by atoms with E-state index in [1.54, 1.807) is 31.2 Å². The number of carbonyl (C=O) groups excluding carboxylic acids is 1. The highest BCUT2D eigenvalue weighted by molar-refractivity contribution is 6.30. The molecule has 0 saturated heterocycles. The minimum Gasteiger partial charge on any atom is -0.327 e. The van der Waals surface area contributed by atoms with Crippen molar-refractivity contribution in [3.63, 3.8) is 0 Å². The molecule has 0 aromatic heterocycles. The number of nitrogens with one attached hydrogen (secondary N) is 1. The lowest BCUT2D eigenvalue weighted by atomic mass is 10.2. The van der Waals surface area contributed by atoms with Crippen molar-refractivity contribution in [1.82, 2.24) is 0 Å². The van der Waals surface area contributed by atoms with Crippen LogP contribution in [0.3, 0.4) is 0 Å². The predicted molar refractivity (Wildman–Crippen MR) is 65.6 cm³/mol. The first-order valence-electron chi connectivity index (χ1n) is 4.39. The van der Waals surface area contributed by atoms with Gasteiger partial charge in [-0.25, -0.2) is 0 Å². The Morgan fingerprint density at radius 3 is 2.47 bits per heavy atom. The lowest BCUT2D eigenvalue weighted by Crippen LogP contribution is -2.23. The fourth-order valence-corrected chi connectivity index (χ4v) is 1.16. The SMILES string of the molecule is CC(N)CC(=O)Nc1ccc(Cl)cc1.Cl. The molecule has 1 rings (SSSR count). The zero-order valence-corrected chi connectivity index (χ0v) is 9.94. The van der Waals surface area contributed by atoms with Crippen LogP contribution in [0.5, 0.6) is 0 Å². The van der Waals surface area contributed by atoms with Crippen molar-refractivity contribution in [3.05, 3.63) is 29.3 Å². The summed E-state index contributed by atoms with van der Waals surface area (Å²) in [5, 5.41) is 3.37. The van der Waals surface area contributed by atoms with Crippen molar-refractivity contribution in [2.45, 2.75) is 19.4 Å². The Morgan fingerprint density at radius 1 is 1.47 bits per heavy atom. The smallest absolute Gasteiger partial charge is 0.225 e. The van der Waals surface area contributed by atoms with Crippen molar-refractivity contribution in [2.24, 2.45) is 5.73 Å². The van der Waals surface area contributed by atoms with Gasteiger partial charge >= 0.3 is 0 Å². The Kier molecular flexibility index (Phi) is 6.32. The second kappa shape index (κ2) is 6.67. The number of benzene rings is 1. The van der Waals surface area contributed by atoms with Crippen LogP contribution in [-0.2, 0) is 4.79 Å². The average Bonchev–Trinajstić information content (AvgIpc) is 2.07. The number of amides is 1. The van der Waals surface area contributed by atoms with E-state index >= 15 is 0 Å². The van der Waals surface area contributed by atoms with Crippen LogP contribution in [0.4, 0.5) is 5.69 Å². The summed E-state index contributed by atoms with van der Waals surface area (Å²) < 4.78 is 0. The standard InChI is InChI=1S/C10H13ClN2O.ClH/c1-7(12)6-10(14)13-9-4-2-8(11)3-5-9;/h2-5,7H,6,12H2,1H3,(H,13,14);1H. The zero-order valence-electron chi connectivity index (χ0n) is 8.37. The molecule has 1 amide bonds. The molecule has 0 heterocycles. The highest BCUT2D eigenvalue weighted by Crippen LogP contribution is 2.13. The summed E-state index contributed by atoms with van der Waals surface area (Å²) in [6, 6.07) is 6.83. The van der Waals surface area contributed by atoms with Gasteiger partial charge in [-0.2, -0.15) is 0 Å². The van der Waals surface area contributed by atoms with Crippen molar-refractivity contribution in [1.29, 1.82) is 0 Å². The monoisotopic (exact) mass is 248 g/mol. The lowest BCUT2D eigenvalue weighted by molar-refractivity contribution is -0.116. The number of rotatable bonds is 3. The second-order valence-corrected chi connectivity index (χ2v) is 3.67. The van der Waals surface area contributed by atoms with E-state index in [1.165, 1.54) is 0 Å². The summed E-state index contributed by atoms with van der Waals surface area (Å²) in [5.74, 6) is -0.0812. The van der Waals surface area contributed by atoms with E-state index in [9.17, 15) is 4.79 Å². The van der Waals surface area contributed by atoms with E-state index in [2.05, 4.69) is 5.32 Å². The Hall–Kier alpha value is -0.770. The summed E-state index contributed by atoms with van der Waals surface area (Å²) in [6.07, 6.45) is 0.322. The van der Waals surface area contributed by atoms with Gasteiger partial charge in [0.15, 0.2) is 0 Å². The first-order valence-corrected chi connectivity index (χ1v) is 4.76. The van der Waals surface area contributed by atoms with Gasteiger partial charge in [0.2, 0.25) is 5.91 Å². The molecule has 0 aliphatic carbocycles. The molecule has 0 aliphatic heterocycles. The topological polar surface area (TPSA) is 55.1 Å². The molecule has 0 spiro atoms. The molecule has 0 saturated carbocycles. The maximum atomic E-state index is 11.3. The van der Waals surface area contributed by atoms with Crippen molar-refractivity contribution >= 4 is 35.6 Å². The minimum atomic E-state index is -0.123. The number of anilines is 1. The Morgan fingerprint density at radius 2 is 2.00 bits per heavy atom. The van der Waals surface area contributed by atoms with Crippen LogP contribution in [0.1, 0.15) is 13.3 Å². The first kappa shape index (κ1) is 14.2. The molecule has 3 N–H and O–H groups in total. The van der Waals surface area contributed by atoms with Crippen molar-refractivity contribution < 1.29 is 4.79 Å². The largest absolute Gasteiger partial charge is 0.327 e. The molecule has 84 valence electrons. The Labute approximate surface area is 100 Å². The Bertz CT molecular complexity index is 312. The molecule has 0 fully saturated rings. The quantitative estimate of drug-likeness (QED) is 0.864. The van der Waals surface area contributed by atoms with Crippen molar-refractivity contribution in [3.8, 4) is 0 Å². The molecule has 1 aromatic rings. The van der Waals surface area contributed by atoms with Crippen LogP contribution in [-0.4, -0.2) is 11.9 Å². The molecule has 0 radical (unpaired) electrons. The van der Waals surface area contributed by atoms with Crippen LogP contribution in [0, 0.1) is 0 Å². The van der Waals surface area contributed by atoms with Crippen LogP contribution < -0.4 is 11.1 Å². The zero-order chi connectivity index (χ0) is 10.6. The molecule has 15 heavy (non-hydrogen) atoms. The van der Waals surface area contributed by atoms with Gasteiger partial charge in [-0.05, 0) is 31.2 Å². The van der Waals surface area contributed by atoms with Crippen LogP contribution >= 0.6 is 24.0 Å². The van der Waals surface area contributed by atoms with E-state index in [1.807, 2.05) is 0 Å². The highest BCUT2D eigenvalue weighted by atomic mass is 35.5. The van der Waals surface area contributed by atoms with Crippen LogP contribution in [0.2, 0.25) is 5.02 Å². The Balaban J connectivity index is 0.00000196. The van der Waals surface area contributed by atoms with E-state index in [-0.39, 0.29) is 24.4 Å². The summed E-state index contributed by atoms with van der Waals surface area (Å²) >= 11 is 5.70. The number of hydrogen-bond acceptors (Lipinski definition) is 2. The van der Waals surface area contributed by atoms with E-state index < -0.39 is 0 Å². The third-order valence-corrected chi connectivity index (χ3v) is 1.89. The molecule has 0 bridgehead atoms. The first-order chi connectivity index (χ1) is 6.58. The summed E-state index contributed by atoms with van der Waals surface area (Å²) in [7, 11) is 0. The number of hydrogen-bond donors (Lipinski definition) is 2. The van der Waals surface area contributed by atoms with E-state index in [4.69, 9.17) is 17.3 Å². The summed E-state index contributed by atoms with van der Waals surface area (Å²) in [4.78, 5) is 11.3. The van der Waals surface area contributed by atoms with Gasteiger partial charge in [0.1, 0.15) is 0 Å². The van der Waals surface area contributed by atoms with Gasteiger partial charge in [-0.3, -0.25) is 4.79 Å². The molecule has 0 aliphatic rings. The molecule has 1 unspecified atom stereocenters. The second-order valence-electron chi connectivity index (χ2n) is 3.24. The number of halogens is 2. The van der Waals surface area contributed by atoms with Crippen LogP contribution in [0.25, 0.3) is 0 Å². The highest BCUT2D eigenvalue weighted by Gasteiger charge is 2.04. The van der Waals surface area contributed by atoms with E-state index in [0.717, 1.165) is 5.69 Å². The summed E-state index contributed by atoms with van der Waals surface area (Å²) in [6.45, 7) is 1.79. The minimum absolute atomic E-state index is 0. The fourth-order valence-electron chi connectivity index (χ4n) is 1.04. The van der Waals surface area contributed by atoms with E-state index in [0.29, 0.717) is 11.4 Å². The lowest BCUT2D eigenvalue weighted by Gasteiger charge is -2.06. The van der Waals surface area contributed by atoms with Gasteiger partial charge in [0.25, 0.3) is 0 Å². The molecule has 3 nitrogen and oxygen atoms in total. The third-order valence-electron chi connectivity index (χ3n) is 1.64. The maximum absolute atomic E-state index is 11.3. The van der Waals surface area contributed by atoms with Gasteiger partial charge in [0.05, 0.1) is 0 Å². The third kappa shape index (κ3) is 5.62. The summed E-state index contributed by atoms with van der Waals surface area (Å²) in [5.41, 5.74) is 6.23. The van der Waals surface area contributed by atoms with Crippen molar-refractivity contribution in [2.75, 3.05) is 5.32 Å². The average molecular weight is 249 g/mol. The predicted octanol–water partition coefficient (Wildman–Crippen LogP) is 2.44. The van der Waals surface area contributed by atoms with Crippen LogP contribution in [0.15, 0.2) is 24.3 Å². The maximum Gasteiger partial charge on any atom is 0.225 e. The van der Waals surface area contributed by atoms with Gasteiger partial charge < -0.3 is 11.1 Å². The van der Waals surface area contributed by atoms with Gasteiger partial charge in [-0.1, -0.05) is 11.6 Å². The molecular formula is C10H14Cl2N2O. The van der Waals surface area contributed by atoms with Gasteiger partial charge in [0, 0.05) is 23.2 Å². The van der Waals surface area contributed by atoms with Gasteiger partial charge in [-0.15, -0.1) is 12.4 Å². The molecule has 5 heteroatoms. The molecule has 1 aromatic carbocycles. The normalized spacial score (nSPS) is 11.4.